The molecule has 0 aromatic carbocycles. The SMILES string of the molecule is C=C(C=O)C1CCN(C)C1. The first kappa shape index (κ1) is 7.48. The van der Waals surface area contributed by atoms with Gasteiger partial charge in [0, 0.05) is 12.5 Å². The van der Waals surface area contributed by atoms with Gasteiger partial charge in [0.05, 0.1) is 0 Å². The number of rotatable bonds is 2. The summed E-state index contributed by atoms with van der Waals surface area (Å²) in [5.74, 6) is 0.419. The Labute approximate surface area is 61.5 Å². The van der Waals surface area contributed by atoms with E-state index in [1.807, 2.05) is 0 Å². The summed E-state index contributed by atoms with van der Waals surface area (Å²) in [5, 5.41) is 0. The molecule has 0 saturated carbocycles. The van der Waals surface area contributed by atoms with Crippen LogP contribution in [0.3, 0.4) is 0 Å². The molecule has 1 saturated heterocycles. The van der Waals surface area contributed by atoms with Crippen LogP contribution in [0.5, 0.6) is 0 Å². The van der Waals surface area contributed by atoms with Crippen molar-refractivity contribution in [3.05, 3.63) is 12.2 Å². The highest BCUT2D eigenvalue weighted by atomic mass is 16.1. The highest BCUT2D eigenvalue weighted by Crippen LogP contribution is 2.19. The Morgan fingerprint density at radius 1 is 1.80 bits per heavy atom. The second-order valence-corrected chi connectivity index (χ2v) is 2.94. The third-order valence-corrected chi connectivity index (χ3v) is 2.07. The fourth-order valence-corrected chi connectivity index (χ4v) is 1.33. The van der Waals surface area contributed by atoms with Crippen molar-refractivity contribution in [2.75, 3.05) is 20.1 Å². The van der Waals surface area contributed by atoms with Gasteiger partial charge in [-0.15, -0.1) is 0 Å². The maximum Gasteiger partial charge on any atom is 0.145 e. The van der Waals surface area contributed by atoms with Gasteiger partial charge in [-0.05, 0) is 25.6 Å². The molecular formula is C8H13NO. The topological polar surface area (TPSA) is 20.3 Å². The molecule has 0 aromatic heterocycles. The van der Waals surface area contributed by atoms with Gasteiger partial charge < -0.3 is 4.90 Å². The number of carbonyl (C=O) groups excluding carboxylic acids is 1. The van der Waals surface area contributed by atoms with E-state index in [0.29, 0.717) is 5.92 Å². The van der Waals surface area contributed by atoms with Gasteiger partial charge in [0.1, 0.15) is 6.29 Å². The molecule has 56 valence electrons. The fraction of sp³-hybridized carbons (Fsp3) is 0.625. The van der Waals surface area contributed by atoms with E-state index in [1.54, 1.807) is 0 Å². The van der Waals surface area contributed by atoms with Crippen LogP contribution >= 0.6 is 0 Å². The molecule has 0 N–H and O–H groups in total. The minimum atomic E-state index is 0.419. The van der Waals surface area contributed by atoms with Crippen LogP contribution in [0.2, 0.25) is 0 Å². The smallest absolute Gasteiger partial charge is 0.145 e. The Kier molecular flexibility index (Phi) is 2.22. The molecule has 1 aliphatic rings. The first-order valence-electron chi connectivity index (χ1n) is 3.56. The van der Waals surface area contributed by atoms with Crippen molar-refractivity contribution in [3.8, 4) is 0 Å². The van der Waals surface area contributed by atoms with Gasteiger partial charge >= 0.3 is 0 Å². The maximum atomic E-state index is 10.3. The minimum Gasteiger partial charge on any atom is -0.306 e. The summed E-state index contributed by atoms with van der Waals surface area (Å²) in [6.07, 6.45) is 1.97. The van der Waals surface area contributed by atoms with E-state index < -0.39 is 0 Å². The zero-order chi connectivity index (χ0) is 7.56. The molecule has 1 heterocycles. The number of likely N-dealkylation sites (tertiary alicyclic amines) is 1. The van der Waals surface area contributed by atoms with Crippen molar-refractivity contribution in [2.24, 2.45) is 5.92 Å². The molecule has 10 heavy (non-hydrogen) atoms. The summed E-state index contributed by atoms with van der Waals surface area (Å²) in [6, 6.07) is 0. The highest BCUT2D eigenvalue weighted by molar-refractivity contribution is 5.73. The summed E-state index contributed by atoms with van der Waals surface area (Å²) in [5.41, 5.74) is 0.754. The average Bonchev–Trinajstić information content (AvgIpc) is 2.34. The van der Waals surface area contributed by atoms with Crippen LogP contribution in [0, 0.1) is 5.92 Å². The molecule has 0 amide bonds. The number of hydrogen-bond donors (Lipinski definition) is 0. The largest absolute Gasteiger partial charge is 0.306 e. The highest BCUT2D eigenvalue weighted by Gasteiger charge is 2.20. The molecule has 0 bridgehead atoms. The predicted molar refractivity (Wildman–Crippen MR) is 40.8 cm³/mol. The lowest BCUT2D eigenvalue weighted by atomic mass is 10.0. The molecule has 1 aliphatic heterocycles. The second-order valence-electron chi connectivity index (χ2n) is 2.94. The van der Waals surface area contributed by atoms with Gasteiger partial charge in [-0.3, -0.25) is 4.79 Å². The van der Waals surface area contributed by atoms with E-state index in [0.717, 1.165) is 31.4 Å². The average molecular weight is 139 g/mol. The minimum absolute atomic E-state index is 0.419. The van der Waals surface area contributed by atoms with Gasteiger partial charge in [0.25, 0.3) is 0 Å². The quantitative estimate of drug-likeness (QED) is 0.414. The Balaban J connectivity index is 2.44. The molecular weight excluding hydrogens is 126 g/mol. The van der Waals surface area contributed by atoms with Crippen LogP contribution in [0.1, 0.15) is 6.42 Å². The van der Waals surface area contributed by atoms with Crippen LogP contribution in [0.4, 0.5) is 0 Å². The van der Waals surface area contributed by atoms with Crippen molar-refractivity contribution in [1.82, 2.24) is 4.90 Å². The summed E-state index contributed by atoms with van der Waals surface area (Å²) < 4.78 is 0. The number of aldehydes is 1. The molecule has 0 radical (unpaired) electrons. The molecule has 2 heteroatoms. The molecule has 1 unspecified atom stereocenters. The maximum absolute atomic E-state index is 10.3. The van der Waals surface area contributed by atoms with Gasteiger partial charge in [-0.2, -0.15) is 0 Å². The van der Waals surface area contributed by atoms with Gasteiger partial charge in [-0.1, -0.05) is 6.58 Å². The van der Waals surface area contributed by atoms with Crippen LogP contribution in [0.15, 0.2) is 12.2 Å². The lowest BCUT2D eigenvalue weighted by Gasteiger charge is -2.07. The summed E-state index contributed by atoms with van der Waals surface area (Å²) in [6.45, 7) is 5.79. The van der Waals surface area contributed by atoms with Gasteiger partial charge in [-0.25, -0.2) is 0 Å². The molecule has 0 spiro atoms. The Morgan fingerprint density at radius 2 is 2.50 bits per heavy atom. The van der Waals surface area contributed by atoms with Crippen molar-refractivity contribution >= 4 is 6.29 Å². The second kappa shape index (κ2) is 2.97. The van der Waals surface area contributed by atoms with Crippen LogP contribution < -0.4 is 0 Å². The lowest BCUT2D eigenvalue weighted by Crippen LogP contribution is -2.14. The fourth-order valence-electron chi connectivity index (χ4n) is 1.33. The van der Waals surface area contributed by atoms with E-state index in [-0.39, 0.29) is 0 Å². The molecule has 1 rings (SSSR count). The van der Waals surface area contributed by atoms with Gasteiger partial charge in [0.15, 0.2) is 0 Å². The number of carbonyl (C=O) groups is 1. The van der Waals surface area contributed by atoms with Crippen molar-refractivity contribution in [3.63, 3.8) is 0 Å². The van der Waals surface area contributed by atoms with E-state index in [1.165, 1.54) is 0 Å². The zero-order valence-electron chi connectivity index (χ0n) is 6.34. The van der Waals surface area contributed by atoms with Crippen molar-refractivity contribution < 1.29 is 4.79 Å². The normalized spacial score (nSPS) is 26.7. The van der Waals surface area contributed by atoms with E-state index in [2.05, 4.69) is 18.5 Å². The van der Waals surface area contributed by atoms with E-state index in [9.17, 15) is 4.79 Å². The first-order chi connectivity index (χ1) is 4.74. The molecule has 0 aliphatic carbocycles. The molecule has 1 atom stereocenters. The summed E-state index contributed by atoms with van der Waals surface area (Å²) in [4.78, 5) is 12.5. The van der Waals surface area contributed by atoms with E-state index in [4.69, 9.17) is 0 Å². The van der Waals surface area contributed by atoms with Crippen LogP contribution in [-0.2, 0) is 4.79 Å². The van der Waals surface area contributed by atoms with Gasteiger partial charge in [0.2, 0.25) is 0 Å². The monoisotopic (exact) mass is 139 g/mol. The number of nitrogens with zero attached hydrogens (tertiary/aromatic N) is 1. The standard InChI is InChI=1S/C8H13NO/c1-7(6-10)8-3-4-9(2)5-8/h6,8H,1,3-5H2,2H3. The Bertz CT molecular complexity index is 153. The first-order valence-corrected chi connectivity index (χ1v) is 3.56. The third-order valence-electron chi connectivity index (χ3n) is 2.07. The molecule has 1 fully saturated rings. The third kappa shape index (κ3) is 1.45. The van der Waals surface area contributed by atoms with E-state index >= 15 is 0 Å². The predicted octanol–water partition coefficient (Wildman–Crippen LogP) is 0.693. The summed E-state index contributed by atoms with van der Waals surface area (Å²) >= 11 is 0. The molecule has 0 aromatic rings. The zero-order valence-corrected chi connectivity index (χ0v) is 6.34. The van der Waals surface area contributed by atoms with Crippen LogP contribution in [-0.4, -0.2) is 31.3 Å². The Hall–Kier alpha value is -0.630. The van der Waals surface area contributed by atoms with Crippen LogP contribution in [0.25, 0.3) is 0 Å². The Morgan fingerprint density at radius 3 is 2.90 bits per heavy atom. The van der Waals surface area contributed by atoms with Crippen molar-refractivity contribution in [2.45, 2.75) is 6.42 Å². The lowest BCUT2D eigenvalue weighted by molar-refractivity contribution is -0.105. The van der Waals surface area contributed by atoms with Crippen molar-refractivity contribution in [1.29, 1.82) is 0 Å². The molecule has 2 nitrogen and oxygen atoms in total. The summed E-state index contributed by atoms with van der Waals surface area (Å²) in [7, 11) is 2.07. The number of hydrogen-bond acceptors (Lipinski definition) is 2.